The molecule has 5 nitrogen and oxygen atoms in total. The monoisotopic (exact) mass is 316 g/mol. The highest BCUT2D eigenvalue weighted by molar-refractivity contribution is 5.78. The molecule has 1 aromatic carbocycles. The van der Waals surface area contributed by atoms with E-state index in [0.717, 1.165) is 5.56 Å². The summed E-state index contributed by atoms with van der Waals surface area (Å²) in [5, 5.41) is 2.69. The van der Waals surface area contributed by atoms with Crippen LogP contribution in [0.5, 0.6) is 0 Å². The normalized spacial score (nSPS) is 24.3. The predicted molar refractivity (Wildman–Crippen MR) is 86.7 cm³/mol. The molecule has 1 saturated carbocycles. The summed E-state index contributed by atoms with van der Waals surface area (Å²) in [4.78, 5) is 25.3. The zero-order chi connectivity index (χ0) is 16.2. The van der Waals surface area contributed by atoms with Crippen molar-refractivity contribution in [1.29, 1.82) is 0 Å². The van der Waals surface area contributed by atoms with Gasteiger partial charge >= 0.3 is 0 Å². The topological polar surface area (TPSA) is 58.6 Å². The van der Waals surface area contributed by atoms with E-state index >= 15 is 0 Å². The molecule has 5 heteroatoms. The molecule has 124 valence electrons. The molecule has 0 radical (unpaired) electrons. The first-order valence-electron chi connectivity index (χ1n) is 8.36. The summed E-state index contributed by atoms with van der Waals surface area (Å²) in [5.41, 5.74) is 1.12. The highest BCUT2D eigenvalue weighted by Gasteiger charge is 2.39. The number of hydrogen-bond donors (Lipinski definition) is 1. The average Bonchev–Trinajstić information content (AvgIpc) is 3.40. The second-order valence-corrected chi connectivity index (χ2v) is 6.44. The molecular formula is C18H24N2O3. The first-order valence-corrected chi connectivity index (χ1v) is 8.36. The molecule has 2 fully saturated rings. The molecule has 1 heterocycles. The summed E-state index contributed by atoms with van der Waals surface area (Å²) in [6.07, 6.45) is 2.82. The lowest BCUT2D eigenvalue weighted by Crippen LogP contribution is -2.48. The summed E-state index contributed by atoms with van der Waals surface area (Å²) in [6.45, 7) is 3.13. The first-order chi connectivity index (χ1) is 11.1. The van der Waals surface area contributed by atoms with Crippen LogP contribution >= 0.6 is 0 Å². The quantitative estimate of drug-likeness (QED) is 0.902. The number of ether oxygens (including phenoxy) is 1. The fourth-order valence-electron chi connectivity index (χ4n) is 3.08. The molecule has 0 aromatic heterocycles. The number of amides is 2. The van der Waals surface area contributed by atoms with Gasteiger partial charge < -0.3 is 15.0 Å². The number of carbonyl (C=O) groups excluding carboxylic acids is 2. The molecule has 3 rings (SSSR count). The summed E-state index contributed by atoms with van der Waals surface area (Å²) < 4.78 is 6.26. The van der Waals surface area contributed by atoms with Crippen LogP contribution in [0.3, 0.4) is 0 Å². The maximum Gasteiger partial charge on any atom is 0.224 e. The van der Waals surface area contributed by atoms with Crippen LogP contribution in [0.1, 0.15) is 37.9 Å². The van der Waals surface area contributed by atoms with Crippen molar-refractivity contribution >= 4 is 11.8 Å². The molecule has 0 bridgehead atoms. The zero-order valence-corrected chi connectivity index (χ0v) is 13.5. The summed E-state index contributed by atoms with van der Waals surface area (Å²) >= 11 is 0. The van der Waals surface area contributed by atoms with E-state index in [1.807, 2.05) is 23.1 Å². The number of rotatable bonds is 5. The second kappa shape index (κ2) is 7.13. The Morgan fingerprint density at radius 3 is 2.61 bits per heavy atom. The fourth-order valence-corrected chi connectivity index (χ4v) is 3.08. The molecule has 1 aromatic rings. The Kier molecular flexibility index (Phi) is 4.96. The Hall–Kier alpha value is -1.88. The highest BCUT2D eigenvalue weighted by atomic mass is 16.5. The number of carbonyl (C=O) groups is 2. The highest BCUT2D eigenvalue weighted by Crippen LogP contribution is 2.39. The van der Waals surface area contributed by atoms with E-state index in [-0.39, 0.29) is 24.0 Å². The minimum atomic E-state index is -0.0993. The molecule has 2 amide bonds. The predicted octanol–water partition coefficient (Wildman–Crippen LogP) is 1.89. The van der Waals surface area contributed by atoms with Gasteiger partial charge in [-0.05, 0) is 24.3 Å². The Balaban J connectivity index is 1.64. The standard InChI is InChI=1S/C18H24N2O3/c1-13(21)19-10-9-18(22)20-11-16(14-5-3-2-4-6-14)23-17(12-20)15-7-8-15/h2-6,15-17H,7-12H2,1H3,(H,19,21)/t16-,17+/m0/s1. The van der Waals surface area contributed by atoms with Crippen LogP contribution in [0.15, 0.2) is 30.3 Å². The lowest BCUT2D eigenvalue weighted by atomic mass is 10.0. The first kappa shape index (κ1) is 16.0. The van der Waals surface area contributed by atoms with Crippen LogP contribution in [0.4, 0.5) is 0 Å². The zero-order valence-electron chi connectivity index (χ0n) is 13.5. The van der Waals surface area contributed by atoms with Gasteiger partial charge in [0, 0.05) is 26.4 Å². The van der Waals surface area contributed by atoms with E-state index in [4.69, 9.17) is 4.74 Å². The number of morpholine rings is 1. The Morgan fingerprint density at radius 2 is 1.96 bits per heavy atom. The summed E-state index contributed by atoms with van der Waals surface area (Å²) in [6, 6.07) is 10.1. The number of nitrogens with zero attached hydrogens (tertiary/aromatic N) is 1. The van der Waals surface area contributed by atoms with E-state index < -0.39 is 0 Å². The maximum absolute atomic E-state index is 12.5. The molecule has 0 unspecified atom stereocenters. The van der Waals surface area contributed by atoms with Gasteiger partial charge in [-0.1, -0.05) is 30.3 Å². The van der Waals surface area contributed by atoms with Gasteiger partial charge in [0.05, 0.1) is 12.6 Å². The van der Waals surface area contributed by atoms with Crippen molar-refractivity contribution < 1.29 is 14.3 Å². The van der Waals surface area contributed by atoms with Crippen molar-refractivity contribution in [2.75, 3.05) is 19.6 Å². The van der Waals surface area contributed by atoms with Crippen LogP contribution in [0, 0.1) is 5.92 Å². The minimum Gasteiger partial charge on any atom is -0.366 e. The SMILES string of the molecule is CC(=O)NCCC(=O)N1C[C@@H](c2ccccc2)O[C@@H](C2CC2)C1. The third kappa shape index (κ3) is 4.32. The second-order valence-electron chi connectivity index (χ2n) is 6.44. The maximum atomic E-state index is 12.5. The van der Waals surface area contributed by atoms with Crippen molar-refractivity contribution in [3.63, 3.8) is 0 Å². The molecular weight excluding hydrogens is 292 g/mol. The van der Waals surface area contributed by atoms with E-state index in [1.165, 1.54) is 19.8 Å². The smallest absolute Gasteiger partial charge is 0.224 e. The molecule has 1 saturated heterocycles. The molecule has 23 heavy (non-hydrogen) atoms. The summed E-state index contributed by atoms with van der Waals surface area (Å²) in [5.74, 6) is 0.582. The van der Waals surface area contributed by atoms with Crippen LogP contribution in [0.25, 0.3) is 0 Å². The van der Waals surface area contributed by atoms with Crippen molar-refractivity contribution in [1.82, 2.24) is 10.2 Å². The average molecular weight is 316 g/mol. The number of nitrogens with one attached hydrogen (secondary N) is 1. The molecule has 2 aliphatic rings. The fraction of sp³-hybridized carbons (Fsp3) is 0.556. The van der Waals surface area contributed by atoms with E-state index in [0.29, 0.717) is 32.0 Å². The van der Waals surface area contributed by atoms with Crippen LogP contribution in [0.2, 0.25) is 0 Å². The lowest BCUT2D eigenvalue weighted by molar-refractivity contribution is -0.148. The Morgan fingerprint density at radius 1 is 1.22 bits per heavy atom. The number of benzene rings is 1. The summed E-state index contributed by atoms with van der Waals surface area (Å²) in [7, 11) is 0. The number of hydrogen-bond acceptors (Lipinski definition) is 3. The van der Waals surface area contributed by atoms with Gasteiger partial charge in [0.15, 0.2) is 0 Å². The third-order valence-corrected chi connectivity index (χ3v) is 4.51. The minimum absolute atomic E-state index is 0.0553. The molecule has 2 atom stereocenters. The lowest BCUT2D eigenvalue weighted by Gasteiger charge is -2.38. The van der Waals surface area contributed by atoms with Crippen LogP contribution in [-0.2, 0) is 14.3 Å². The van der Waals surface area contributed by atoms with Crippen molar-refractivity contribution in [3.8, 4) is 0 Å². The van der Waals surface area contributed by atoms with Gasteiger partial charge in [-0.25, -0.2) is 0 Å². The largest absolute Gasteiger partial charge is 0.366 e. The van der Waals surface area contributed by atoms with Gasteiger partial charge in [-0.3, -0.25) is 9.59 Å². The van der Waals surface area contributed by atoms with Gasteiger partial charge in [0.1, 0.15) is 6.10 Å². The molecule has 1 N–H and O–H groups in total. The Labute approximate surface area is 137 Å². The van der Waals surface area contributed by atoms with Gasteiger partial charge in [0.2, 0.25) is 11.8 Å². The van der Waals surface area contributed by atoms with Gasteiger partial charge in [-0.15, -0.1) is 0 Å². The third-order valence-electron chi connectivity index (χ3n) is 4.51. The molecule has 0 spiro atoms. The van der Waals surface area contributed by atoms with Crippen LogP contribution in [-0.4, -0.2) is 42.5 Å². The van der Waals surface area contributed by atoms with Crippen molar-refractivity contribution in [2.24, 2.45) is 5.92 Å². The van der Waals surface area contributed by atoms with Crippen molar-refractivity contribution in [3.05, 3.63) is 35.9 Å². The van der Waals surface area contributed by atoms with E-state index in [1.54, 1.807) is 0 Å². The molecule has 1 aliphatic carbocycles. The molecule has 1 aliphatic heterocycles. The van der Waals surface area contributed by atoms with E-state index in [9.17, 15) is 9.59 Å². The van der Waals surface area contributed by atoms with Gasteiger partial charge in [0.25, 0.3) is 0 Å². The Bertz CT molecular complexity index is 557. The van der Waals surface area contributed by atoms with Crippen molar-refractivity contribution in [2.45, 2.75) is 38.4 Å². The van der Waals surface area contributed by atoms with Crippen LogP contribution < -0.4 is 5.32 Å². The van der Waals surface area contributed by atoms with E-state index in [2.05, 4.69) is 17.4 Å². The van der Waals surface area contributed by atoms with Gasteiger partial charge in [-0.2, -0.15) is 0 Å².